The van der Waals surface area contributed by atoms with Crippen LogP contribution in [0.15, 0.2) is 42.5 Å². The van der Waals surface area contributed by atoms with Crippen molar-refractivity contribution in [3.8, 4) is 11.5 Å². The highest BCUT2D eigenvalue weighted by molar-refractivity contribution is 5.91. The predicted molar refractivity (Wildman–Crippen MR) is 114 cm³/mol. The van der Waals surface area contributed by atoms with Crippen molar-refractivity contribution in [2.75, 3.05) is 39.3 Å². The summed E-state index contributed by atoms with van der Waals surface area (Å²) in [5, 5.41) is 6.16. The predicted octanol–water partition coefficient (Wildman–Crippen LogP) is 3.57. The van der Waals surface area contributed by atoms with Crippen LogP contribution in [0.5, 0.6) is 11.5 Å². The Morgan fingerprint density at radius 3 is 2.46 bits per heavy atom. The van der Waals surface area contributed by atoms with E-state index >= 15 is 0 Å². The van der Waals surface area contributed by atoms with Crippen LogP contribution in [0.25, 0.3) is 0 Å². The van der Waals surface area contributed by atoms with Gasteiger partial charge >= 0.3 is 0 Å². The number of carbonyl (C=O) groups is 1. The van der Waals surface area contributed by atoms with E-state index in [9.17, 15) is 4.79 Å². The zero-order valence-corrected chi connectivity index (χ0v) is 17.4. The molecule has 0 aliphatic heterocycles. The minimum Gasteiger partial charge on any atom is -0.493 e. The number of aryl methyl sites for hydroxylation is 1. The van der Waals surface area contributed by atoms with Crippen LogP contribution in [-0.4, -0.2) is 39.9 Å². The normalized spacial score (nSPS) is 10.1. The Hall–Kier alpha value is -2.28. The summed E-state index contributed by atoms with van der Waals surface area (Å²) in [5.74, 6) is 0.929. The molecule has 0 saturated carbocycles. The number of hydrogen-bond acceptors (Lipinski definition) is 5. The number of anilines is 1. The molecule has 28 heavy (non-hydrogen) atoms. The lowest BCUT2D eigenvalue weighted by atomic mass is 10.2. The molecule has 0 saturated heterocycles. The van der Waals surface area contributed by atoms with Crippen molar-refractivity contribution in [1.82, 2.24) is 5.32 Å². The summed E-state index contributed by atoms with van der Waals surface area (Å²) < 4.78 is 16.0. The van der Waals surface area contributed by atoms with Crippen molar-refractivity contribution in [3.05, 3.63) is 53.6 Å². The molecule has 0 aliphatic carbocycles. The van der Waals surface area contributed by atoms with Gasteiger partial charge in [-0.1, -0.05) is 23.8 Å². The van der Waals surface area contributed by atoms with Crippen LogP contribution in [0.2, 0.25) is 0 Å². The first-order chi connectivity index (χ1) is 13.1. The van der Waals surface area contributed by atoms with E-state index in [4.69, 9.17) is 14.2 Å². The number of benzene rings is 2. The lowest BCUT2D eigenvalue weighted by Crippen LogP contribution is -2.20. The van der Waals surface area contributed by atoms with Crippen LogP contribution in [0, 0.1) is 6.92 Å². The van der Waals surface area contributed by atoms with Gasteiger partial charge in [-0.3, -0.25) is 4.79 Å². The molecule has 1 amide bonds. The fourth-order valence-electron chi connectivity index (χ4n) is 2.49. The van der Waals surface area contributed by atoms with E-state index in [2.05, 4.69) is 10.6 Å². The van der Waals surface area contributed by atoms with Gasteiger partial charge in [0.05, 0.1) is 7.11 Å². The molecule has 0 atom stereocenters. The second-order valence-corrected chi connectivity index (χ2v) is 6.21. The third-order valence-electron chi connectivity index (χ3n) is 3.95. The second kappa shape index (κ2) is 13.0. The smallest absolute Gasteiger partial charge is 0.262 e. The van der Waals surface area contributed by atoms with Crippen LogP contribution >= 0.6 is 12.4 Å². The molecule has 7 heteroatoms. The first-order valence-corrected chi connectivity index (χ1v) is 8.98. The Morgan fingerprint density at radius 2 is 1.79 bits per heavy atom. The number of carbonyl (C=O) groups excluding carboxylic acids is 1. The topological polar surface area (TPSA) is 68.8 Å². The second-order valence-electron chi connectivity index (χ2n) is 6.21. The van der Waals surface area contributed by atoms with Crippen LogP contribution in [-0.2, 0) is 16.1 Å². The monoisotopic (exact) mass is 408 g/mol. The summed E-state index contributed by atoms with van der Waals surface area (Å²) >= 11 is 0. The molecule has 0 heterocycles. The maximum absolute atomic E-state index is 12.1. The van der Waals surface area contributed by atoms with E-state index < -0.39 is 0 Å². The van der Waals surface area contributed by atoms with Gasteiger partial charge in [0.25, 0.3) is 5.91 Å². The summed E-state index contributed by atoms with van der Waals surface area (Å²) in [6.45, 7) is 4.27. The van der Waals surface area contributed by atoms with Crippen molar-refractivity contribution in [2.24, 2.45) is 0 Å². The molecule has 154 valence electrons. The minimum atomic E-state index is -0.218. The zero-order valence-electron chi connectivity index (χ0n) is 16.6. The molecule has 0 radical (unpaired) electrons. The van der Waals surface area contributed by atoms with E-state index in [0.29, 0.717) is 11.5 Å². The summed E-state index contributed by atoms with van der Waals surface area (Å²) in [6.07, 6.45) is 0.963. The molecular weight excluding hydrogens is 380 g/mol. The highest BCUT2D eigenvalue weighted by Gasteiger charge is 2.09. The number of nitrogens with one attached hydrogen (secondary N) is 2. The highest BCUT2D eigenvalue weighted by Crippen LogP contribution is 2.28. The molecule has 0 bridgehead atoms. The van der Waals surface area contributed by atoms with Crippen molar-refractivity contribution >= 4 is 24.0 Å². The van der Waals surface area contributed by atoms with Gasteiger partial charge in [-0.25, -0.2) is 0 Å². The number of ether oxygens (including phenoxy) is 3. The van der Waals surface area contributed by atoms with Gasteiger partial charge in [0.2, 0.25) is 0 Å². The Morgan fingerprint density at radius 1 is 1.04 bits per heavy atom. The molecule has 0 aromatic heterocycles. The van der Waals surface area contributed by atoms with Crippen molar-refractivity contribution in [2.45, 2.75) is 19.9 Å². The summed E-state index contributed by atoms with van der Waals surface area (Å²) in [7, 11) is 3.29. The molecular formula is C21H29ClN2O4. The summed E-state index contributed by atoms with van der Waals surface area (Å²) in [4.78, 5) is 12.1. The molecule has 0 spiro atoms. The van der Waals surface area contributed by atoms with Gasteiger partial charge in [0.1, 0.15) is 0 Å². The van der Waals surface area contributed by atoms with Crippen LogP contribution in [0.4, 0.5) is 5.69 Å². The number of hydrogen-bond donors (Lipinski definition) is 2. The van der Waals surface area contributed by atoms with Crippen LogP contribution in [0.3, 0.4) is 0 Å². The van der Waals surface area contributed by atoms with Crippen LogP contribution < -0.4 is 20.1 Å². The molecule has 0 fully saturated rings. The molecule has 2 aromatic carbocycles. The third kappa shape index (κ3) is 8.17. The number of amides is 1. The van der Waals surface area contributed by atoms with Crippen molar-refractivity contribution < 1.29 is 19.0 Å². The quantitative estimate of drug-likeness (QED) is 0.556. The Labute approximate surface area is 173 Å². The number of methoxy groups -OCH3 is 2. The highest BCUT2D eigenvalue weighted by atomic mass is 35.5. The first kappa shape index (κ1) is 23.8. The largest absolute Gasteiger partial charge is 0.493 e. The van der Waals surface area contributed by atoms with Gasteiger partial charge in [-0.15, -0.1) is 12.4 Å². The fraction of sp³-hybridized carbons (Fsp3) is 0.381. The van der Waals surface area contributed by atoms with Gasteiger partial charge in [-0.2, -0.15) is 0 Å². The maximum atomic E-state index is 12.1. The number of rotatable bonds is 11. The molecule has 0 unspecified atom stereocenters. The summed E-state index contributed by atoms with van der Waals surface area (Å²) in [5.41, 5.74) is 2.97. The maximum Gasteiger partial charge on any atom is 0.262 e. The SMILES string of the molecule is COCCCNCc1ccc(OCC(=O)Nc2ccc(C)cc2)c(OC)c1.Cl. The minimum absolute atomic E-state index is 0. The van der Waals surface area contributed by atoms with E-state index in [1.807, 2.05) is 49.4 Å². The Kier molecular flexibility index (Phi) is 11.0. The van der Waals surface area contributed by atoms with Crippen molar-refractivity contribution in [3.63, 3.8) is 0 Å². The molecule has 0 aliphatic rings. The number of halogens is 1. The Balaban J connectivity index is 0.00000392. The van der Waals surface area contributed by atoms with Gasteiger partial charge in [0, 0.05) is 25.9 Å². The third-order valence-corrected chi connectivity index (χ3v) is 3.95. The average molecular weight is 409 g/mol. The van der Waals surface area contributed by atoms with E-state index in [1.54, 1.807) is 14.2 Å². The Bertz CT molecular complexity index is 723. The van der Waals surface area contributed by atoms with E-state index in [1.165, 1.54) is 0 Å². The molecule has 6 nitrogen and oxygen atoms in total. The first-order valence-electron chi connectivity index (χ1n) is 8.98. The van der Waals surface area contributed by atoms with Gasteiger partial charge in [0.15, 0.2) is 18.1 Å². The lowest BCUT2D eigenvalue weighted by Gasteiger charge is -2.13. The van der Waals surface area contributed by atoms with E-state index in [-0.39, 0.29) is 24.9 Å². The summed E-state index contributed by atoms with van der Waals surface area (Å²) in [6, 6.07) is 13.3. The lowest BCUT2D eigenvalue weighted by molar-refractivity contribution is -0.118. The fourth-order valence-corrected chi connectivity index (χ4v) is 2.49. The molecule has 2 aromatic rings. The molecule has 2 rings (SSSR count). The van der Waals surface area contributed by atoms with Gasteiger partial charge < -0.3 is 24.8 Å². The standard InChI is InChI=1S/C21H28N2O4.ClH/c1-16-5-8-18(9-6-16)23-21(24)15-27-19-10-7-17(13-20(19)26-3)14-22-11-4-12-25-2;/h5-10,13,22H,4,11-12,14-15H2,1-3H3,(H,23,24);1H. The zero-order chi connectivity index (χ0) is 19.5. The molecule has 2 N–H and O–H groups in total. The van der Waals surface area contributed by atoms with Crippen LogP contribution in [0.1, 0.15) is 17.5 Å². The average Bonchev–Trinajstić information content (AvgIpc) is 2.68. The van der Waals surface area contributed by atoms with Crippen molar-refractivity contribution in [1.29, 1.82) is 0 Å². The van der Waals surface area contributed by atoms with E-state index in [0.717, 1.165) is 42.9 Å². The van der Waals surface area contributed by atoms with Gasteiger partial charge in [-0.05, 0) is 49.7 Å².